The Morgan fingerprint density at radius 3 is 2.80 bits per heavy atom. The van der Waals surface area contributed by atoms with Crippen LogP contribution in [0.3, 0.4) is 0 Å². The zero-order chi connectivity index (χ0) is 18.1. The Kier molecular flexibility index (Phi) is 5.12. The fraction of sp³-hybridized carbons (Fsp3) is 0.118. The molecule has 25 heavy (non-hydrogen) atoms. The lowest BCUT2D eigenvalue weighted by atomic mass is 10.0. The molecule has 1 N–H and O–H groups in total. The molecule has 0 radical (unpaired) electrons. The molecule has 0 aromatic heterocycles. The van der Waals surface area contributed by atoms with Gasteiger partial charge in [0, 0.05) is 17.1 Å². The number of aliphatic carboxylic acids is 1. The number of likely N-dealkylation sites (N-methyl/N-ethyl adjacent to an activating group) is 1. The second kappa shape index (κ2) is 7.15. The van der Waals surface area contributed by atoms with E-state index in [1.165, 1.54) is 16.7 Å². The van der Waals surface area contributed by atoms with E-state index in [0.29, 0.717) is 20.5 Å². The molecule has 1 fully saturated rings. The number of hydrogen-bond donors (Lipinski definition) is 1. The van der Waals surface area contributed by atoms with Crippen LogP contribution in [0.2, 0.25) is 0 Å². The second-order valence-corrected chi connectivity index (χ2v) is 7.86. The van der Waals surface area contributed by atoms with Crippen LogP contribution in [-0.4, -0.2) is 39.9 Å². The van der Waals surface area contributed by atoms with E-state index in [4.69, 9.17) is 22.1 Å². The summed E-state index contributed by atoms with van der Waals surface area (Å²) in [7, 11) is 1.63. The van der Waals surface area contributed by atoms with Gasteiger partial charge in [-0.2, -0.15) is 0 Å². The van der Waals surface area contributed by atoms with Crippen LogP contribution in [0.1, 0.15) is 5.56 Å². The molecule has 1 aliphatic rings. The van der Waals surface area contributed by atoms with Gasteiger partial charge in [-0.05, 0) is 35.0 Å². The van der Waals surface area contributed by atoms with E-state index in [1.807, 2.05) is 24.3 Å². The van der Waals surface area contributed by atoms with Gasteiger partial charge in [-0.3, -0.25) is 9.69 Å². The summed E-state index contributed by atoms with van der Waals surface area (Å²) in [5.74, 6) is -0.853. The average molecular weight is 438 g/mol. The number of halogens is 1. The van der Waals surface area contributed by atoms with Crippen molar-refractivity contribution in [3.63, 3.8) is 0 Å². The van der Waals surface area contributed by atoms with Crippen LogP contribution in [-0.2, 0) is 9.59 Å². The molecule has 1 saturated heterocycles. The van der Waals surface area contributed by atoms with Crippen molar-refractivity contribution in [1.29, 1.82) is 0 Å². The number of thiocarbonyl (C=S) groups is 1. The van der Waals surface area contributed by atoms with Gasteiger partial charge in [0.05, 0.1) is 4.91 Å². The van der Waals surface area contributed by atoms with Crippen molar-refractivity contribution in [2.75, 3.05) is 13.7 Å². The first-order valence-electron chi connectivity index (χ1n) is 7.15. The third-order valence-electron chi connectivity index (χ3n) is 3.60. The second-order valence-electron chi connectivity index (χ2n) is 5.27. The highest BCUT2D eigenvalue weighted by Gasteiger charge is 2.29. The molecule has 0 aliphatic carbocycles. The summed E-state index contributed by atoms with van der Waals surface area (Å²) >= 11 is 9.80. The first kappa shape index (κ1) is 17.9. The lowest BCUT2D eigenvalue weighted by Gasteiger charge is -2.11. The molecule has 8 heteroatoms. The number of ether oxygens (including phenoxy) is 1. The Balaban J connectivity index is 2.15. The highest BCUT2D eigenvalue weighted by molar-refractivity contribution is 9.10. The largest absolute Gasteiger partial charge is 0.481 e. The van der Waals surface area contributed by atoms with Crippen molar-refractivity contribution in [3.05, 3.63) is 45.3 Å². The molecule has 0 bridgehead atoms. The number of carbonyl (C=O) groups excluding carboxylic acids is 1. The summed E-state index contributed by atoms with van der Waals surface area (Å²) in [4.78, 5) is 25.0. The summed E-state index contributed by atoms with van der Waals surface area (Å²) in [6.45, 7) is -0.461. The first-order valence-corrected chi connectivity index (χ1v) is 9.17. The third kappa shape index (κ3) is 3.70. The Labute approximate surface area is 161 Å². The normalized spacial score (nSPS) is 16.1. The van der Waals surface area contributed by atoms with Crippen LogP contribution in [0, 0.1) is 0 Å². The number of nitrogens with zero attached hydrogens (tertiary/aromatic N) is 1. The third-order valence-corrected chi connectivity index (χ3v) is 5.57. The number of benzene rings is 2. The maximum absolute atomic E-state index is 12.3. The molecule has 0 saturated carbocycles. The number of thioether (sulfide) groups is 1. The summed E-state index contributed by atoms with van der Waals surface area (Å²) < 4.78 is 6.81. The minimum atomic E-state index is -1.07. The van der Waals surface area contributed by atoms with Crippen LogP contribution >= 0.6 is 39.9 Å². The van der Waals surface area contributed by atoms with Gasteiger partial charge in [0.15, 0.2) is 6.61 Å². The maximum Gasteiger partial charge on any atom is 0.341 e. The van der Waals surface area contributed by atoms with E-state index in [2.05, 4.69) is 15.9 Å². The topological polar surface area (TPSA) is 66.8 Å². The zero-order valence-electron chi connectivity index (χ0n) is 13.0. The molecule has 128 valence electrons. The van der Waals surface area contributed by atoms with Crippen molar-refractivity contribution in [1.82, 2.24) is 4.90 Å². The number of hydrogen-bond acceptors (Lipinski definition) is 5. The number of carboxylic acid groups (broad SMARTS) is 1. The number of carboxylic acids is 1. The van der Waals surface area contributed by atoms with Crippen molar-refractivity contribution in [3.8, 4) is 5.75 Å². The highest BCUT2D eigenvalue weighted by atomic mass is 79.9. The van der Waals surface area contributed by atoms with Gasteiger partial charge < -0.3 is 9.84 Å². The molecule has 1 heterocycles. The number of fused-ring (bicyclic) bond motifs is 1. The molecule has 0 spiro atoms. The average Bonchev–Trinajstić information content (AvgIpc) is 2.80. The summed E-state index contributed by atoms with van der Waals surface area (Å²) in [6.07, 6.45) is 1.70. The highest BCUT2D eigenvalue weighted by Crippen LogP contribution is 2.37. The molecule has 3 rings (SSSR count). The summed E-state index contributed by atoms with van der Waals surface area (Å²) in [5.41, 5.74) is 0.653. The van der Waals surface area contributed by atoms with Gasteiger partial charge in [0.2, 0.25) is 0 Å². The Morgan fingerprint density at radius 1 is 1.40 bits per heavy atom. The molecule has 2 aromatic rings. The first-order chi connectivity index (χ1) is 11.9. The molecule has 0 atom stereocenters. The van der Waals surface area contributed by atoms with E-state index in [9.17, 15) is 9.59 Å². The zero-order valence-corrected chi connectivity index (χ0v) is 16.2. The quantitative estimate of drug-likeness (QED) is 0.577. The smallest absolute Gasteiger partial charge is 0.341 e. The van der Waals surface area contributed by atoms with E-state index < -0.39 is 12.6 Å². The predicted molar refractivity (Wildman–Crippen MR) is 106 cm³/mol. The van der Waals surface area contributed by atoms with E-state index >= 15 is 0 Å². The van der Waals surface area contributed by atoms with E-state index in [0.717, 1.165) is 15.2 Å². The van der Waals surface area contributed by atoms with Crippen LogP contribution < -0.4 is 4.74 Å². The van der Waals surface area contributed by atoms with Gasteiger partial charge in [-0.1, -0.05) is 52.0 Å². The van der Waals surface area contributed by atoms with Gasteiger partial charge in [0.25, 0.3) is 5.91 Å². The van der Waals surface area contributed by atoms with Crippen molar-refractivity contribution in [2.45, 2.75) is 0 Å². The Morgan fingerprint density at radius 2 is 2.16 bits per heavy atom. The van der Waals surface area contributed by atoms with Crippen molar-refractivity contribution in [2.24, 2.45) is 0 Å². The molecular formula is C17H12BrNO4S2. The van der Waals surface area contributed by atoms with Gasteiger partial charge >= 0.3 is 5.97 Å². The van der Waals surface area contributed by atoms with Gasteiger partial charge in [0.1, 0.15) is 10.1 Å². The maximum atomic E-state index is 12.3. The van der Waals surface area contributed by atoms with Crippen LogP contribution in [0.15, 0.2) is 39.7 Å². The monoisotopic (exact) mass is 437 g/mol. The Hall–Kier alpha value is -1.90. The number of rotatable bonds is 4. The molecule has 5 nitrogen and oxygen atoms in total. The molecular weight excluding hydrogens is 426 g/mol. The number of carbonyl (C=O) groups is 2. The standard InChI is InChI=1S/C17H12BrNO4S2/c1-19-16(22)14(25-17(19)24)7-12-11-4-3-10(18)6-9(11)2-5-13(12)23-8-15(20)21/h2-7H,8H2,1H3,(H,20,21). The van der Waals surface area contributed by atoms with Crippen molar-refractivity contribution >= 4 is 73.0 Å². The lowest BCUT2D eigenvalue weighted by Crippen LogP contribution is -2.22. The minimum absolute atomic E-state index is 0.187. The number of amides is 1. The van der Waals surface area contributed by atoms with Crippen LogP contribution in [0.4, 0.5) is 0 Å². The fourth-order valence-corrected chi connectivity index (χ4v) is 3.94. The summed E-state index contributed by atoms with van der Waals surface area (Å²) in [5, 5.41) is 10.7. The molecule has 2 aromatic carbocycles. The van der Waals surface area contributed by atoms with Crippen molar-refractivity contribution < 1.29 is 19.4 Å². The fourth-order valence-electron chi connectivity index (χ4n) is 2.40. The van der Waals surface area contributed by atoms with E-state index in [-0.39, 0.29) is 5.91 Å². The molecule has 1 aliphatic heterocycles. The van der Waals surface area contributed by atoms with Gasteiger partial charge in [-0.15, -0.1) is 0 Å². The minimum Gasteiger partial charge on any atom is -0.481 e. The summed E-state index contributed by atoms with van der Waals surface area (Å²) in [6, 6.07) is 9.27. The molecule has 1 amide bonds. The predicted octanol–water partition coefficient (Wildman–Crippen LogP) is 3.90. The van der Waals surface area contributed by atoms with Crippen LogP contribution in [0.25, 0.3) is 16.8 Å². The lowest BCUT2D eigenvalue weighted by molar-refractivity contribution is -0.139. The van der Waals surface area contributed by atoms with E-state index in [1.54, 1.807) is 19.2 Å². The SMILES string of the molecule is CN1C(=O)C(=Cc2c(OCC(=O)O)ccc3cc(Br)ccc23)SC1=S. The van der Waals surface area contributed by atoms with Gasteiger partial charge in [-0.25, -0.2) is 4.79 Å². The Bertz CT molecular complexity index is 942. The molecule has 0 unspecified atom stereocenters. The van der Waals surface area contributed by atoms with Crippen LogP contribution in [0.5, 0.6) is 5.75 Å².